The molecule has 1 atom stereocenters. The highest BCUT2D eigenvalue weighted by Gasteiger charge is 2.26. The number of unbranched alkanes of at least 4 members (excludes halogenated alkanes) is 7. The molecule has 1 aliphatic heterocycles. The van der Waals surface area contributed by atoms with Crippen LogP contribution in [0.4, 0.5) is 0 Å². The van der Waals surface area contributed by atoms with Crippen LogP contribution in [0.1, 0.15) is 83.4 Å². The lowest BCUT2D eigenvalue weighted by Crippen LogP contribution is -2.31. The normalized spacial score (nSPS) is 17.0. The van der Waals surface area contributed by atoms with E-state index in [1.54, 1.807) is 0 Å². The van der Waals surface area contributed by atoms with E-state index in [1.165, 1.54) is 69.9 Å². The first-order valence-corrected chi connectivity index (χ1v) is 10.1. The maximum Gasteiger partial charge on any atom is 0.127 e. The highest BCUT2D eigenvalue weighted by atomic mass is 15.4. The average Bonchev–Trinajstić information content (AvgIpc) is 3.01. The zero-order chi connectivity index (χ0) is 17.0. The van der Waals surface area contributed by atoms with Gasteiger partial charge in [-0.15, -0.1) is 0 Å². The van der Waals surface area contributed by atoms with E-state index in [4.69, 9.17) is 0 Å². The van der Waals surface area contributed by atoms with Crippen LogP contribution in [0.2, 0.25) is 0 Å². The van der Waals surface area contributed by atoms with Crippen molar-refractivity contribution in [2.24, 2.45) is 0 Å². The van der Waals surface area contributed by atoms with Gasteiger partial charge in [-0.2, -0.15) is 0 Å². The monoisotopic (exact) mass is 328 g/mol. The summed E-state index contributed by atoms with van der Waals surface area (Å²) in [6.07, 6.45) is 17.3. The van der Waals surface area contributed by atoms with Gasteiger partial charge in [-0.05, 0) is 18.4 Å². The Labute approximate surface area is 149 Å². The molecule has 1 aromatic rings. The van der Waals surface area contributed by atoms with Gasteiger partial charge in [0.2, 0.25) is 0 Å². The summed E-state index contributed by atoms with van der Waals surface area (Å²) in [5, 5.41) is 0. The van der Waals surface area contributed by atoms with Crippen LogP contribution in [-0.4, -0.2) is 22.9 Å². The molecule has 0 bridgehead atoms. The minimum Gasteiger partial charge on any atom is -0.352 e. The second-order valence-electron chi connectivity index (χ2n) is 7.03. The summed E-state index contributed by atoms with van der Waals surface area (Å²) in [7, 11) is 0. The van der Waals surface area contributed by atoms with Gasteiger partial charge in [0, 0.05) is 25.5 Å². The highest BCUT2D eigenvalue weighted by Crippen LogP contribution is 2.31. The van der Waals surface area contributed by atoms with Crippen LogP contribution in [-0.2, 0) is 0 Å². The van der Waals surface area contributed by atoms with Crippen LogP contribution in [0.15, 0.2) is 42.7 Å². The topological polar surface area (TPSA) is 6.48 Å². The second-order valence-corrected chi connectivity index (χ2v) is 7.03. The van der Waals surface area contributed by atoms with Crippen molar-refractivity contribution in [3.8, 4) is 0 Å². The number of rotatable bonds is 12. The summed E-state index contributed by atoms with van der Waals surface area (Å²) >= 11 is 0. The Morgan fingerprint density at radius 2 is 1.25 bits per heavy atom. The molecule has 134 valence electrons. The summed E-state index contributed by atoms with van der Waals surface area (Å²) in [6.45, 7) is 6.85. The number of hydrogen-bond donors (Lipinski definition) is 0. The van der Waals surface area contributed by atoms with Crippen LogP contribution < -0.4 is 0 Å². The average molecular weight is 329 g/mol. The molecule has 2 nitrogen and oxygen atoms in total. The Hall–Kier alpha value is -1.44. The van der Waals surface area contributed by atoms with Crippen molar-refractivity contribution in [2.45, 2.75) is 77.8 Å². The Kier molecular flexibility index (Phi) is 8.80. The van der Waals surface area contributed by atoms with E-state index in [9.17, 15) is 0 Å². The second kappa shape index (κ2) is 11.2. The van der Waals surface area contributed by atoms with Crippen LogP contribution in [0, 0.1) is 0 Å². The third kappa shape index (κ3) is 5.89. The SMILES string of the molecule is CCCCCCCCCCN1C=CN(CCC)C1c1ccccc1. The third-order valence-electron chi connectivity index (χ3n) is 4.93. The summed E-state index contributed by atoms with van der Waals surface area (Å²) in [4.78, 5) is 5.02. The zero-order valence-corrected chi connectivity index (χ0v) is 15.8. The van der Waals surface area contributed by atoms with Crippen LogP contribution in [0.25, 0.3) is 0 Å². The molecule has 24 heavy (non-hydrogen) atoms. The van der Waals surface area contributed by atoms with Crippen molar-refractivity contribution in [3.05, 3.63) is 48.3 Å². The minimum atomic E-state index is 0.399. The van der Waals surface area contributed by atoms with E-state index in [1.807, 2.05) is 0 Å². The molecule has 0 aliphatic carbocycles. The van der Waals surface area contributed by atoms with Gasteiger partial charge >= 0.3 is 0 Å². The van der Waals surface area contributed by atoms with Crippen molar-refractivity contribution >= 4 is 0 Å². The quantitative estimate of drug-likeness (QED) is 0.414. The summed E-state index contributed by atoms with van der Waals surface area (Å²) in [5.74, 6) is 0. The molecule has 0 radical (unpaired) electrons. The number of nitrogens with zero attached hydrogens (tertiary/aromatic N) is 2. The predicted octanol–water partition coefficient (Wildman–Crippen LogP) is 6.32. The van der Waals surface area contributed by atoms with Gasteiger partial charge in [0.25, 0.3) is 0 Å². The molecular formula is C22H36N2. The van der Waals surface area contributed by atoms with Crippen molar-refractivity contribution in [3.63, 3.8) is 0 Å². The fourth-order valence-corrected chi connectivity index (χ4v) is 3.61. The molecule has 2 rings (SSSR count). The van der Waals surface area contributed by atoms with E-state index < -0.39 is 0 Å². The molecule has 1 aliphatic rings. The predicted molar refractivity (Wildman–Crippen MR) is 105 cm³/mol. The molecule has 1 aromatic carbocycles. The summed E-state index contributed by atoms with van der Waals surface area (Å²) < 4.78 is 0. The maximum absolute atomic E-state index is 2.53. The van der Waals surface area contributed by atoms with Gasteiger partial charge < -0.3 is 9.80 Å². The van der Waals surface area contributed by atoms with Gasteiger partial charge in [0.05, 0.1) is 0 Å². The molecule has 0 saturated heterocycles. The zero-order valence-electron chi connectivity index (χ0n) is 15.8. The Morgan fingerprint density at radius 3 is 1.88 bits per heavy atom. The number of benzene rings is 1. The Balaban J connectivity index is 1.75. The lowest BCUT2D eigenvalue weighted by Gasteiger charge is -2.33. The van der Waals surface area contributed by atoms with E-state index in [2.05, 4.69) is 66.4 Å². The fourth-order valence-electron chi connectivity index (χ4n) is 3.61. The van der Waals surface area contributed by atoms with Crippen LogP contribution >= 0.6 is 0 Å². The first-order chi connectivity index (χ1) is 11.9. The largest absolute Gasteiger partial charge is 0.352 e. The van der Waals surface area contributed by atoms with Crippen molar-refractivity contribution < 1.29 is 0 Å². The van der Waals surface area contributed by atoms with Crippen molar-refractivity contribution in [1.82, 2.24) is 9.80 Å². The lowest BCUT2D eigenvalue weighted by molar-refractivity contribution is 0.152. The van der Waals surface area contributed by atoms with Gasteiger partial charge in [0.15, 0.2) is 0 Å². The molecule has 0 fully saturated rings. The third-order valence-corrected chi connectivity index (χ3v) is 4.93. The van der Waals surface area contributed by atoms with Gasteiger partial charge in [-0.1, -0.05) is 89.1 Å². The molecule has 0 amide bonds. The van der Waals surface area contributed by atoms with Crippen LogP contribution in [0.5, 0.6) is 0 Å². The number of hydrogen-bond acceptors (Lipinski definition) is 2. The molecule has 1 unspecified atom stereocenters. The van der Waals surface area contributed by atoms with Gasteiger partial charge in [-0.25, -0.2) is 0 Å². The first kappa shape index (κ1) is 18.9. The fraction of sp³-hybridized carbons (Fsp3) is 0.636. The van der Waals surface area contributed by atoms with E-state index in [0.29, 0.717) is 6.17 Å². The van der Waals surface area contributed by atoms with Gasteiger partial charge in [0.1, 0.15) is 6.17 Å². The standard InChI is InChI=1S/C22H36N2/c1-3-5-6-7-8-9-10-14-18-24-20-19-23(17-4-2)22(24)21-15-12-11-13-16-21/h11-13,15-16,19-20,22H,3-10,14,17-18H2,1-2H3. The molecule has 0 saturated carbocycles. The van der Waals surface area contributed by atoms with Crippen molar-refractivity contribution in [2.75, 3.05) is 13.1 Å². The first-order valence-electron chi connectivity index (χ1n) is 10.1. The Morgan fingerprint density at radius 1 is 0.667 bits per heavy atom. The molecule has 1 heterocycles. The minimum absolute atomic E-state index is 0.399. The summed E-state index contributed by atoms with van der Waals surface area (Å²) in [6, 6.07) is 11.0. The Bertz CT molecular complexity index is 454. The van der Waals surface area contributed by atoms with Crippen molar-refractivity contribution in [1.29, 1.82) is 0 Å². The highest BCUT2D eigenvalue weighted by molar-refractivity contribution is 5.21. The van der Waals surface area contributed by atoms with E-state index in [0.717, 1.165) is 6.54 Å². The molecule has 2 heteroatoms. The molecule has 0 N–H and O–H groups in total. The molecular weight excluding hydrogens is 292 g/mol. The lowest BCUT2D eigenvalue weighted by atomic mass is 10.1. The smallest absolute Gasteiger partial charge is 0.127 e. The van der Waals surface area contributed by atoms with Crippen LogP contribution in [0.3, 0.4) is 0 Å². The molecule has 0 spiro atoms. The van der Waals surface area contributed by atoms with E-state index in [-0.39, 0.29) is 0 Å². The van der Waals surface area contributed by atoms with Gasteiger partial charge in [-0.3, -0.25) is 0 Å². The molecule has 0 aromatic heterocycles. The van der Waals surface area contributed by atoms with E-state index >= 15 is 0 Å². The maximum atomic E-state index is 2.53. The summed E-state index contributed by atoms with van der Waals surface area (Å²) in [5.41, 5.74) is 1.41.